The van der Waals surface area contributed by atoms with Gasteiger partial charge in [-0.2, -0.15) is 0 Å². The van der Waals surface area contributed by atoms with E-state index in [9.17, 15) is 0 Å². The molecule has 138 valence electrons. The van der Waals surface area contributed by atoms with Crippen LogP contribution in [0.15, 0.2) is 42.5 Å². The lowest BCUT2D eigenvalue weighted by Crippen LogP contribution is -2.30. The minimum atomic E-state index is 0.255. The van der Waals surface area contributed by atoms with Crippen molar-refractivity contribution >= 4 is 0 Å². The Hall–Kier alpha value is -2.08. The second-order valence-corrected chi connectivity index (χ2v) is 7.21. The van der Waals surface area contributed by atoms with Gasteiger partial charge in [0.2, 0.25) is 0 Å². The molecule has 3 unspecified atom stereocenters. The van der Waals surface area contributed by atoms with Crippen LogP contribution in [0.3, 0.4) is 0 Å². The highest BCUT2D eigenvalue weighted by atomic mass is 16.6. The predicted octanol–water partition coefficient (Wildman–Crippen LogP) is 2.88. The molecule has 0 saturated carbocycles. The number of rotatable bonds is 5. The van der Waals surface area contributed by atoms with Crippen LogP contribution in [0.1, 0.15) is 35.7 Å². The first-order valence-electron chi connectivity index (χ1n) is 9.38. The van der Waals surface area contributed by atoms with Gasteiger partial charge in [0.25, 0.3) is 0 Å². The number of ether oxygens (including phenoxy) is 2. The molecular formula is C21H27N3O2. The number of fused-ring (bicyclic) bond motifs is 1. The van der Waals surface area contributed by atoms with Gasteiger partial charge in [-0.1, -0.05) is 35.9 Å². The Labute approximate surface area is 155 Å². The standard InChI is InChI=1S/C21H27N3O2/c1-14-3-5-16(6-4-14)21-18(13-23-24-21)12-22-15(2)17-7-8-19-20(11-17)26-10-9-25-19/h3-8,11,15,18,21-24H,9-10,12-13H2,1-2H3. The Morgan fingerprint density at radius 1 is 1.08 bits per heavy atom. The second kappa shape index (κ2) is 7.66. The number of hydrogen-bond donors (Lipinski definition) is 3. The summed E-state index contributed by atoms with van der Waals surface area (Å²) in [6, 6.07) is 15.6. The van der Waals surface area contributed by atoms with E-state index in [0.717, 1.165) is 24.6 Å². The summed E-state index contributed by atoms with van der Waals surface area (Å²) in [5.41, 5.74) is 10.6. The second-order valence-electron chi connectivity index (χ2n) is 7.21. The fourth-order valence-corrected chi connectivity index (χ4v) is 3.63. The first kappa shape index (κ1) is 17.3. The molecule has 5 nitrogen and oxygen atoms in total. The molecule has 0 amide bonds. The third-order valence-corrected chi connectivity index (χ3v) is 5.28. The lowest BCUT2D eigenvalue weighted by molar-refractivity contribution is 0.171. The lowest BCUT2D eigenvalue weighted by Gasteiger charge is -2.24. The van der Waals surface area contributed by atoms with Crippen LogP contribution in [0, 0.1) is 12.8 Å². The van der Waals surface area contributed by atoms with Crippen LogP contribution in [0.25, 0.3) is 0 Å². The highest BCUT2D eigenvalue weighted by Crippen LogP contribution is 2.33. The normalized spacial score (nSPS) is 23.0. The smallest absolute Gasteiger partial charge is 0.161 e. The number of aryl methyl sites for hydroxylation is 1. The van der Waals surface area contributed by atoms with Crippen molar-refractivity contribution in [3.63, 3.8) is 0 Å². The Morgan fingerprint density at radius 2 is 1.85 bits per heavy atom. The summed E-state index contributed by atoms with van der Waals surface area (Å²) in [6.07, 6.45) is 0. The van der Waals surface area contributed by atoms with E-state index in [-0.39, 0.29) is 6.04 Å². The minimum Gasteiger partial charge on any atom is -0.486 e. The van der Waals surface area contributed by atoms with Crippen molar-refractivity contribution in [2.75, 3.05) is 26.3 Å². The van der Waals surface area contributed by atoms with E-state index in [4.69, 9.17) is 9.47 Å². The summed E-state index contributed by atoms with van der Waals surface area (Å²) in [5, 5.41) is 3.68. The van der Waals surface area contributed by atoms with E-state index in [2.05, 4.69) is 66.4 Å². The van der Waals surface area contributed by atoms with Gasteiger partial charge in [-0.05, 0) is 37.1 Å². The molecule has 0 aliphatic carbocycles. The Bertz CT molecular complexity index is 747. The van der Waals surface area contributed by atoms with Gasteiger partial charge >= 0.3 is 0 Å². The van der Waals surface area contributed by atoms with Crippen molar-refractivity contribution in [2.24, 2.45) is 5.92 Å². The Morgan fingerprint density at radius 3 is 2.65 bits per heavy atom. The molecule has 1 fully saturated rings. The van der Waals surface area contributed by atoms with Crippen molar-refractivity contribution in [3.8, 4) is 11.5 Å². The first-order valence-corrected chi connectivity index (χ1v) is 9.38. The van der Waals surface area contributed by atoms with E-state index < -0.39 is 0 Å². The van der Waals surface area contributed by atoms with Crippen LogP contribution < -0.4 is 25.6 Å². The largest absolute Gasteiger partial charge is 0.486 e. The highest BCUT2D eigenvalue weighted by Gasteiger charge is 2.28. The molecule has 0 aromatic heterocycles. The minimum absolute atomic E-state index is 0.255. The molecule has 0 bridgehead atoms. The van der Waals surface area contributed by atoms with E-state index in [1.807, 2.05) is 6.07 Å². The van der Waals surface area contributed by atoms with Gasteiger partial charge in [-0.15, -0.1) is 0 Å². The van der Waals surface area contributed by atoms with Gasteiger partial charge in [0.15, 0.2) is 11.5 Å². The fraction of sp³-hybridized carbons (Fsp3) is 0.429. The van der Waals surface area contributed by atoms with Crippen LogP contribution >= 0.6 is 0 Å². The average molecular weight is 353 g/mol. The van der Waals surface area contributed by atoms with Crippen molar-refractivity contribution in [3.05, 3.63) is 59.2 Å². The first-order chi connectivity index (χ1) is 12.7. The summed E-state index contributed by atoms with van der Waals surface area (Å²) >= 11 is 0. The molecule has 3 atom stereocenters. The van der Waals surface area contributed by atoms with Crippen molar-refractivity contribution < 1.29 is 9.47 Å². The average Bonchev–Trinajstić information content (AvgIpc) is 3.15. The third-order valence-electron chi connectivity index (χ3n) is 5.28. The third kappa shape index (κ3) is 3.70. The maximum Gasteiger partial charge on any atom is 0.161 e. The van der Waals surface area contributed by atoms with Gasteiger partial charge < -0.3 is 14.8 Å². The quantitative estimate of drug-likeness (QED) is 0.772. The van der Waals surface area contributed by atoms with Gasteiger partial charge in [0.05, 0.1) is 6.04 Å². The molecule has 26 heavy (non-hydrogen) atoms. The van der Waals surface area contributed by atoms with Crippen LogP contribution in [-0.2, 0) is 0 Å². The van der Waals surface area contributed by atoms with Crippen LogP contribution in [-0.4, -0.2) is 26.3 Å². The summed E-state index contributed by atoms with van der Waals surface area (Å²) in [6.45, 7) is 7.46. The highest BCUT2D eigenvalue weighted by molar-refractivity contribution is 5.44. The topological polar surface area (TPSA) is 54.5 Å². The van der Waals surface area contributed by atoms with E-state index >= 15 is 0 Å². The van der Waals surface area contributed by atoms with E-state index in [1.54, 1.807) is 0 Å². The van der Waals surface area contributed by atoms with Crippen LogP contribution in [0.4, 0.5) is 0 Å². The van der Waals surface area contributed by atoms with Gasteiger partial charge in [-0.3, -0.25) is 5.43 Å². The molecular weight excluding hydrogens is 326 g/mol. The molecule has 0 spiro atoms. The summed E-state index contributed by atoms with van der Waals surface area (Å²) in [4.78, 5) is 0. The van der Waals surface area contributed by atoms with E-state index in [1.165, 1.54) is 16.7 Å². The number of hydrazine groups is 1. The molecule has 0 radical (unpaired) electrons. The summed E-state index contributed by atoms with van der Waals surface area (Å²) in [7, 11) is 0. The molecule has 2 heterocycles. The summed E-state index contributed by atoms with van der Waals surface area (Å²) < 4.78 is 11.3. The molecule has 1 saturated heterocycles. The molecule has 2 aromatic rings. The maximum absolute atomic E-state index is 5.70. The van der Waals surface area contributed by atoms with Gasteiger partial charge in [0, 0.05) is 25.0 Å². The van der Waals surface area contributed by atoms with E-state index in [0.29, 0.717) is 25.2 Å². The van der Waals surface area contributed by atoms with Crippen molar-refractivity contribution in [1.29, 1.82) is 0 Å². The zero-order chi connectivity index (χ0) is 17.9. The molecule has 4 rings (SSSR count). The Kier molecular flexibility index (Phi) is 5.11. The molecule has 3 N–H and O–H groups in total. The fourth-order valence-electron chi connectivity index (χ4n) is 3.63. The van der Waals surface area contributed by atoms with Crippen LogP contribution in [0.2, 0.25) is 0 Å². The lowest BCUT2D eigenvalue weighted by atomic mass is 9.94. The Balaban J connectivity index is 1.39. The summed E-state index contributed by atoms with van der Waals surface area (Å²) in [5.74, 6) is 2.19. The number of hydrogen-bond acceptors (Lipinski definition) is 5. The van der Waals surface area contributed by atoms with Crippen molar-refractivity contribution in [1.82, 2.24) is 16.2 Å². The van der Waals surface area contributed by atoms with Gasteiger partial charge in [0.1, 0.15) is 13.2 Å². The van der Waals surface area contributed by atoms with Gasteiger partial charge in [-0.25, -0.2) is 5.43 Å². The molecule has 2 aromatic carbocycles. The zero-order valence-corrected chi connectivity index (χ0v) is 15.4. The van der Waals surface area contributed by atoms with Crippen LogP contribution in [0.5, 0.6) is 11.5 Å². The molecule has 2 aliphatic rings. The number of benzene rings is 2. The maximum atomic E-state index is 5.70. The molecule has 2 aliphatic heterocycles. The SMILES string of the molecule is Cc1ccc(C2NNCC2CNC(C)c2ccc3c(c2)OCCO3)cc1. The predicted molar refractivity (Wildman–Crippen MR) is 102 cm³/mol. The van der Waals surface area contributed by atoms with Crippen molar-refractivity contribution in [2.45, 2.75) is 25.9 Å². The zero-order valence-electron chi connectivity index (χ0n) is 15.4. The number of nitrogens with one attached hydrogen (secondary N) is 3. The molecule has 5 heteroatoms. The monoisotopic (exact) mass is 353 g/mol.